The molecule has 0 aromatic heterocycles. The monoisotopic (exact) mass is 201 g/mol. The predicted molar refractivity (Wildman–Crippen MR) is 57.1 cm³/mol. The molecule has 0 saturated carbocycles. The van der Waals surface area contributed by atoms with Crippen LogP contribution in [0.2, 0.25) is 0 Å². The first-order valence-electron chi connectivity index (χ1n) is 5.45. The molecule has 0 aromatic carbocycles. The van der Waals surface area contributed by atoms with Crippen LogP contribution in [0.5, 0.6) is 0 Å². The van der Waals surface area contributed by atoms with Crippen LogP contribution in [-0.4, -0.2) is 29.0 Å². The third-order valence-corrected chi connectivity index (χ3v) is 2.90. The summed E-state index contributed by atoms with van der Waals surface area (Å²) in [6, 6.07) is 0. The van der Waals surface area contributed by atoms with Gasteiger partial charge in [0, 0.05) is 6.42 Å². The second-order valence-corrected chi connectivity index (χ2v) is 5.28. The van der Waals surface area contributed by atoms with Crippen molar-refractivity contribution < 1.29 is 9.84 Å². The molecule has 3 heteroatoms. The van der Waals surface area contributed by atoms with Crippen molar-refractivity contribution in [2.45, 2.75) is 63.8 Å². The number of ether oxygens (including phenoxy) is 1. The zero-order chi connectivity index (χ0) is 10.8. The summed E-state index contributed by atoms with van der Waals surface area (Å²) in [5.74, 6) is 0. The van der Waals surface area contributed by atoms with Gasteiger partial charge in [0.05, 0.1) is 17.3 Å². The van der Waals surface area contributed by atoms with E-state index in [1.807, 2.05) is 6.92 Å². The Hall–Kier alpha value is -0.120. The van der Waals surface area contributed by atoms with Crippen LogP contribution in [0.3, 0.4) is 0 Å². The molecular weight excluding hydrogens is 178 g/mol. The quantitative estimate of drug-likeness (QED) is 0.723. The standard InChI is InChI=1S/C11H23NO2/c1-10(2)5-4-9(14-10)8-11(3,13)6-7-12/h9,13H,4-8,12H2,1-3H3. The number of nitrogens with two attached hydrogens (primary N) is 1. The molecule has 0 amide bonds. The first-order chi connectivity index (χ1) is 6.35. The Morgan fingerprint density at radius 1 is 1.57 bits per heavy atom. The summed E-state index contributed by atoms with van der Waals surface area (Å²) in [6.45, 7) is 6.58. The lowest BCUT2D eigenvalue weighted by Gasteiger charge is -2.27. The van der Waals surface area contributed by atoms with Crippen LogP contribution in [0.4, 0.5) is 0 Å². The minimum absolute atomic E-state index is 0.0105. The maximum absolute atomic E-state index is 9.99. The highest BCUT2D eigenvalue weighted by molar-refractivity contribution is 4.86. The second-order valence-electron chi connectivity index (χ2n) is 5.28. The van der Waals surface area contributed by atoms with Crippen molar-refractivity contribution >= 4 is 0 Å². The van der Waals surface area contributed by atoms with Crippen LogP contribution in [0, 0.1) is 0 Å². The fraction of sp³-hybridized carbons (Fsp3) is 1.00. The first-order valence-corrected chi connectivity index (χ1v) is 5.45. The van der Waals surface area contributed by atoms with E-state index in [1.165, 1.54) is 0 Å². The minimum atomic E-state index is -0.667. The molecule has 0 radical (unpaired) electrons. The highest BCUT2D eigenvalue weighted by Gasteiger charge is 2.35. The molecule has 0 spiro atoms. The smallest absolute Gasteiger partial charge is 0.0656 e. The molecule has 3 N–H and O–H groups in total. The van der Waals surface area contributed by atoms with E-state index in [0.717, 1.165) is 12.8 Å². The number of rotatable bonds is 4. The number of hydrogen-bond acceptors (Lipinski definition) is 3. The lowest BCUT2D eigenvalue weighted by atomic mass is 9.93. The molecule has 84 valence electrons. The Labute approximate surface area is 86.6 Å². The van der Waals surface area contributed by atoms with Crippen LogP contribution in [-0.2, 0) is 4.74 Å². The summed E-state index contributed by atoms with van der Waals surface area (Å²) in [5, 5.41) is 9.99. The maximum Gasteiger partial charge on any atom is 0.0656 e. The predicted octanol–water partition coefficient (Wildman–Crippen LogP) is 1.43. The van der Waals surface area contributed by atoms with Crippen LogP contribution < -0.4 is 5.73 Å². The van der Waals surface area contributed by atoms with Crippen LogP contribution in [0.1, 0.15) is 46.5 Å². The zero-order valence-electron chi connectivity index (χ0n) is 9.55. The average molecular weight is 201 g/mol. The number of hydrogen-bond donors (Lipinski definition) is 2. The third kappa shape index (κ3) is 3.56. The maximum atomic E-state index is 9.99. The highest BCUT2D eigenvalue weighted by Crippen LogP contribution is 2.33. The van der Waals surface area contributed by atoms with Crippen LogP contribution >= 0.6 is 0 Å². The van der Waals surface area contributed by atoms with Gasteiger partial charge in [-0.1, -0.05) is 0 Å². The minimum Gasteiger partial charge on any atom is -0.390 e. The molecular formula is C11H23NO2. The van der Waals surface area contributed by atoms with Gasteiger partial charge in [0.1, 0.15) is 0 Å². The molecule has 1 fully saturated rings. The highest BCUT2D eigenvalue weighted by atomic mass is 16.5. The molecule has 1 aliphatic heterocycles. The van der Waals surface area contributed by atoms with E-state index in [-0.39, 0.29) is 11.7 Å². The lowest BCUT2D eigenvalue weighted by molar-refractivity contribution is -0.0597. The van der Waals surface area contributed by atoms with Gasteiger partial charge in [-0.2, -0.15) is 0 Å². The van der Waals surface area contributed by atoms with E-state index in [0.29, 0.717) is 19.4 Å². The number of aliphatic hydroxyl groups is 1. The molecule has 14 heavy (non-hydrogen) atoms. The van der Waals surface area contributed by atoms with E-state index in [4.69, 9.17) is 10.5 Å². The summed E-state index contributed by atoms with van der Waals surface area (Å²) in [7, 11) is 0. The van der Waals surface area contributed by atoms with Gasteiger partial charge in [0.25, 0.3) is 0 Å². The molecule has 1 aliphatic rings. The zero-order valence-corrected chi connectivity index (χ0v) is 9.55. The molecule has 0 aliphatic carbocycles. The van der Waals surface area contributed by atoms with Gasteiger partial charge in [-0.25, -0.2) is 0 Å². The molecule has 1 rings (SSSR count). The largest absolute Gasteiger partial charge is 0.390 e. The Morgan fingerprint density at radius 3 is 2.64 bits per heavy atom. The summed E-state index contributed by atoms with van der Waals surface area (Å²) in [6.07, 6.45) is 3.68. The fourth-order valence-corrected chi connectivity index (χ4v) is 2.12. The normalized spacial score (nSPS) is 30.2. The van der Waals surface area contributed by atoms with E-state index >= 15 is 0 Å². The molecule has 0 bridgehead atoms. The molecule has 1 saturated heterocycles. The van der Waals surface area contributed by atoms with Crippen molar-refractivity contribution in [3.05, 3.63) is 0 Å². The van der Waals surface area contributed by atoms with E-state index in [2.05, 4.69) is 13.8 Å². The Morgan fingerprint density at radius 2 is 2.21 bits per heavy atom. The topological polar surface area (TPSA) is 55.5 Å². The van der Waals surface area contributed by atoms with Crippen molar-refractivity contribution in [1.82, 2.24) is 0 Å². The van der Waals surface area contributed by atoms with Gasteiger partial charge >= 0.3 is 0 Å². The van der Waals surface area contributed by atoms with Crippen molar-refractivity contribution in [2.75, 3.05) is 6.54 Å². The van der Waals surface area contributed by atoms with Gasteiger partial charge in [-0.3, -0.25) is 0 Å². The Balaban J connectivity index is 2.39. The molecule has 1 heterocycles. The van der Waals surface area contributed by atoms with Gasteiger partial charge in [0.2, 0.25) is 0 Å². The van der Waals surface area contributed by atoms with Crippen molar-refractivity contribution in [1.29, 1.82) is 0 Å². The Bertz CT molecular complexity index is 190. The van der Waals surface area contributed by atoms with Gasteiger partial charge in [0.15, 0.2) is 0 Å². The van der Waals surface area contributed by atoms with Crippen LogP contribution in [0.15, 0.2) is 0 Å². The third-order valence-electron chi connectivity index (χ3n) is 2.90. The lowest BCUT2D eigenvalue weighted by Crippen LogP contribution is -2.33. The summed E-state index contributed by atoms with van der Waals surface area (Å²) in [5.41, 5.74) is 4.76. The summed E-state index contributed by atoms with van der Waals surface area (Å²) < 4.78 is 5.83. The van der Waals surface area contributed by atoms with E-state index in [1.54, 1.807) is 0 Å². The van der Waals surface area contributed by atoms with Crippen molar-refractivity contribution in [3.8, 4) is 0 Å². The van der Waals surface area contributed by atoms with Crippen molar-refractivity contribution in [2.24, 2.45) is 5.73 Å². The van der Waals surface area contributed by atoms with Gasteiger partial charge in [-0.05, 0) is 46.6 Å². The summed E-state index contributed by atoms with van der Waals surface area (Å²) >= 11 is 0. The first kappa shape index (κ1) is 12.0. The summed E-state index contributed by atoms with van der Waals surface area (Å²) in [4.78, 5) is 0. The van der Waals surface area contributed by atoms with Crippen molar-refractivity contribution in [3.63, 3.8) is 0 Å². The molecule has 3 nitrogen and oxygen atoms in total. The Kier molecular flexibility index (Phi) is 3.56. The van der Waals surface area contributed by atoms with Gasteiger partial charge < -0.3 is 15.6 Å². The molecule has 2 unspecified atom stereocenters. The van der Waals surface area contributed by atoms with E-state index in [9.17, 15) is 5.11 Å². The fourth-order valence-electron chi connectivity index (χ4n) is 2.12. The van der Waals surface area contributed by atoms with Crippen LogP contribution in [0.25, 0.3) is 0 Å². The van der Waals surface area contributed by atoms with Gasteiger partial charge in [-0.15, -0.1) is 0 Å². The molecule has 2 atom stereocenters. The van der Waals surface area contributed by atoms with E-state index < -0.39 is 5.60 Å². The molecule has 0 aromatic rings. The second kappa shape index (κ2) is 4.17. The SMILES string of the molecule is CC(O)(CCN)CC1CCC(C)(C)O1. The average Bonchev–Trinajstić information content (AvgIpc) is 2.28.